The monoisotopic (exact) mass is 957 g/mol. The molecule has 2 fully saturated rings. The molecule has 4 amide bonds. The summed E-state index contributed by atoms with van der Waals surface area (Å²) in [5.74, 6) is -1.01. The molecule has 1 aliphatic heterocycles. The van der Waals surface area contributed by atoms with E-state index in [9.17, 15) is 29.5 Å². The van der Waals surface area contributed by atoms with Gasteiger partial charge in [0, 0.05) is 49.6 Å². The van der Waals surface area contributed by atoms with Gasteiger partial charge < -0.3 is 34.9 Å². The highest BCUT2D eigenvalue weighted by molar-refractivity contribution is 7.13. The zero-order valence-corrected chi connectivity index (χ0v) is 41.0. The van der Waals surface area contributed by atoms with Crippen molar-refractivity contribution in [2.45, 2.75) is 105 Å². The Morgan fingerprint density at radius 2 is 1.73 bits per heavy atom. The Morgan fingerprint density at radius 1 is 1.03 bits per heavy atom. The van der Waals surface area contributed by atoms with Crippen LogP contribution < -0.4 is 30.5 Å². The van der Waals surface area contributed by atoms with Crippen LogP contribution in [0, 0.1) is 34.5 Å². The number of unbranched alkanes of at least 4 members (excludes halogenated alkanes) is 1. The van der Waals surface area contributed by atoms with Gasteiger partial charge in [-0.2, -0.15) is 5.26 Å². The van der Waals surface area contributed by atoms with Crippen molar-refractivity contribution in [1.29, 1.82) is 5.26 Å². The maximum Gasteiger partial charge on any atom is 0.271 e. The molecular weight excluding hydrogens is 898 g/mol. The number of hydrogen-bond acceptors (Lipinski definition) is 14. The Balaban J connectivity index is 0.906. The lowest BCUT2D eigenvalue weighted by Crippen LogP contribution is -2.74. The fourth-order valence-electron chi connectivity index (χ4n) is 9.00. The number of benzene rings is 2. The summed E-state index contributed by atoms with van der Waals surface area (Å²) in [4.78, 5) is 69.2. The van der Waals surface area contributed by atoms with Crippen LogP contribution in [0.1, 0.15) is 89.5 Å². The first-order valence-corrected chi connectivity index (χ1v) is 23.4. The van der Waals surface area contributed by atoms with E-state index in [0.717, 1.165) is 21.8 Å². The van der Waals surface area contributed by atoms with Gasteiger partial charge in [-0.15, -0.1) is 11.3 Å². The molecule has 1 aliphatic carbocycles. The van der Waals surface area contributed by atoms with Gasteiger partial charge in [0.25, 0.3) is 11.8 Å². The van der Waals surface area contributed by atoms with Crippen LogP contribution in [0.15, 0.2) is 60.4 Å². The average Bonchev–Trinajstić information content (AvgIpc) is 3.90. The fraction of sp³-hybridized carbons (Fsp3) is 0.500. The number of aliphatic hydroxyl groups is 1. The molecule has 17 nitrogen and oxygen atoms in total. The van der Waals surface area contributed by atoms with E-state index < -0.39 is 52.2 Å². The second-order valence-electron chi connectivity index (χ2n) is 19.3. The van der Waals surface area contributed by atoms with Crippen molar-refractivity contribution in [2.75, 3.05) is 38.4 Å². The maximum absolute atomic E-state index is 14.0. The standard InChI is InChI=1S/C48H60ClN9O8S/c1-28-39(67-27-53-28)29-12-15-31(16-13-29)57(9)56-42(62)36-20-32(59)25-58(36)43(63)40(46(2,3)4)54-37(60)26-64-18-10-11-19-65-38-24-51-35(23-52-38)41(61)55-44-47(5,6)45(48(44,7)8)66-33-17-14-30(22-50)34(49)21-33/h12-17,21,23-24,27,32,36,40,44-45,59H,10-11,18-20,25-26H2,1-9H3,(H,54,60)(H,55,61)(H,56,62)/t32-,36+,40?,44?,45?/m1/s1. The first-order chi connectivity index (χ1) is 31.6. The third-order valence-electron chi connectivity index (χ3n) is 12.3. The Bertz CT molecular complexity index is 2440. The number of thiazole rings is 1. The van der Waals surface area contributed by atoms with Crippen molar-refractivity contribution in [2.24, 2.45) is 16.2 Å². The van der Waals surface area contributed by atoms with Crippen molar-refractivity contribution >= 4 is 52.3 Å². The van der Waals surface area contributed by atoms with Crippen LogP contribution in [0.25, 0.3) is 10.4 Å². The van der Waals surface area contributed by atoms with Crippen LogP contribution in [0.5, 0.6) is 11.6 Å². The number of hydrazine groups is 1. The number of halogens is 1. The molecule has 19 heteroatoms. The number of amides is 4. The third kappa shape index (κ3) is 11.8. The molecule has 358 valence electrons. The molecule has 3 heterocycles. The number of aliphatic hydroxyl groups excluding tert-OH is 1. The van der Waals surface area contributed by atoms with Gasteiger partial charge in [0.1, 0.15) is 42.3 Å². The predicted molar refractivity (Wildman–Crippen MR) is 253 cm³/mol. The van der Waals surface area contributed by atoms with Gasteiger partial charge in [0.2, 0.25) is 17.7 Å². The van der Waals surface area contributed by atoms with Gasteiger partial charge >= 0.3 is 0 Å². The molecule has 2 aliphatic rings. The molecule has 6 rings (SSSR count). The Kier molecular flexibility index (Phi) is 15.8. The lowest BCUT2D eigenvalue weighted by Gasteiger charge is -2.63. The van der Waals surface area contributed by atoms with E-state index in [1.807, 2.05) is 85.7 Å². The Morgan fingerprint density at radius 3 is 2.34 bits per heavy atom. The number of β-amino-alcohol motifs (C(OH)–C–C–N with tert-alkyl or cyclic N) is 1. The number of rotatable bonds is 18. The normalized spacial score (nSPS) is 19.9. The number of carbonyl (C=O) groups excluding carboxylic acids is 4. The van der Waals surface area contributed by atoms with Crippen LogP contribution in [0.2, 0.25) is 5.02 Å². The summed E-state index contributed by atoms with van der Waals surface area (Å²) in [6.07, 6.45) is 2.77. The van der Waals surface area contributed by atoms with Crippen molar-refractivity contribution in [3.05, 3.63) is 82.3 Å². The number of aromatic nitrogens is 3. The minimum Gasteiger partial charge on any atom is -0.489 e. The van der Waals surface area contributed by atoms with Gasteiger partial charge in [-0.05, 0) is 55.0 Å². The number of nitriles is 1. The minimum atomic E-state index is -0.998. The summed E-state index contributed by atoms with van der Waals surface area (Å²) in [6, 6.07) is 12.5. The summed E-state index contributed by atoms with van der Waals surface area (Å²) in [7, 11) is 1.70. The van der Waals surface area contributed by atoms with Crippen molar-refractivity contribution < 1.29 is 38.5 Å². The number of ether oxygens (including phenoxy) is 3. The van der Waals surface area contributed by atoms with E-state index >= 15 is 0 Å². The number of nitrogens with zero attached hydrogens (tertiary/aromatic N) is 6. The molecule has 1 unspecified atom stereocenters. The van der Waals surface area contributed by atoms with E-state index in [4.69, 9.17) is 25.8 Å². The number of anilines is 1. The van der Waals surface area contributed by atoms with Gasteiger partial charge in [-0.1, -0.05) is 72.2 Å². The van der Waals surface area contributed by atoms with Gasteiger partial charge in [0.05, 0.1) is 57.5 Å². The Hall–Kier alpha value is -5.87. The van der Waals surface area contributed by atoms with Crippen molar-refractivity contribution in [1.82, 2.24) is 35.9 Å². The van der Waals surface area contributed by atoms with Crippen LogP contribution in [0.4, 0.5) is 5.69 Å². The number of likely N-dealkylation sites (tertiary alicyclic amines) is 1. The lowest BCUT2D eigenvalue weighted by atomic mass is 9.49. The zero-order chi connectivity index (χ0) is 48.8. The number of aryl methyl sites for hydroxylation is 1. The second kappa shape index (κ2) is 21.0. The summed E-state index contributed by atoms with van der Waals surface area (Å²) in [6.45, 7) is 15.7. The highest BCUT2D eigenvalue weighted by Crippen LogP contribution is 2.55. The molecule has 0 radical (unpaired) electrons. The maximum atomic E-state index is 14.0. The molecule has 67 heavy (non-hydrogen) atoms. The first-order valence-electron chi connectivity index (χ1n) is 22.1. The predicted octanol–water partition coefficient (Wildman–Crippen LogP) is 5.88. The topological polar surface area (TPSA) is 221 Å². The fourth-order valence-corrected chi connectivity index (χ4v) is 10.0. The molecule has 0 bridgehead atoms. The van der Waals surface area contributed by atoms with Crippen LogP contribution in [0.3, 0.4) is 0 Å². The number of hydrogen-bond donors (Lipinski definition) is 4. The van der Waals surface area contributed by atoms with E-state index in [1.54, 1.807) is 47.1 Å². The molecular formula is C48H60ClN9O8S. The number of carbonyl (C=O) groups is 4. The average molecular weight is 959 g/mol. The lowest BCUT2D eigenvalue weighted by molar-refractivity contribution is -0.164. The van der Waals surface area contributed by atoms with Crippen LogP contribution >= 0.6 is 22.9 Å². The van der Waals surface area contributed by atoms with E-state index in [2.05, 4.69) is 31.0 Å². The molecule has 0 spiro atoms. The van der Waals surface area contributed by atoms with Gasteiger partial charge in [-0.3, -0.25) is 29.6 Å². The molecule has 3 atom stereocenters. The van der Waals surface area contributed by atoms with Crippen molar-refractivity contribution in [3.8, 4) is 28.1 Å². The quantitative estimate of drug-likeness (QED) is 0.0677. The van der Waals surface area contributed by atoms with Crippen LogP contribution in [-0.2, 0) is 19.1 Å². The molecule has 4 aromatic rings. The van der Waals surface area contributed by atoms with E-state index in [-0.39, 0.29) is 55.8 Å². The third-order valence-corrected chi connectivity index (χ3v) is 13.6. The summed E-state index contributed by atoms with van der Waals surface area (Å²) in [5, 5.41) is 27.6. The summed E-state index contributed by atoms with van der Waals surface area (Å²) in [5.41, 5.74) is 6.20. The minimum absolute atomic E-state index is 0.0515. The van der Waals surface area contributed by atoms with E-state index in [1.165, 1.54) is 17.3 Å². The SMILES string of the molecule is Cc1ncsc1-c1ccc(N(C)NC(=O)[C@@H]2C[C@@H](O)CN2C(=O)C(NC(=O)COCCCCOc2cnc(C(=O)NC3C(C)(C)C(Oc4ccc(C#N)c(Cl)c4)C3(C)C)cn2)C(C)(C)C)cc1. The van der Waals surface area contributed by atoms with Crippen molar-refractivity contribution in [3.63, 3.8) is 0 Å². The molecule has 1 saturated carbocycles. The number of nitrogens with one attached hydrogen (secondary N) is 3. The molecule has 2 aromatic heterocycles. The summed E-state index contributed by atoms with van der Waals surface area (Å²) >= 11 is 7.77. The van der Waals surface area contributed by atoms with Crippen LogP contribution in [-0.4, -0.2) is 112 Å². The Labute approximate surface area is 400 Å². The smallest absolute Gasteiger partial charge is 0.271 e. The highest BCUT2D eigenvalue weighted by atomic mass is 35.5. The largest absolute Gasteiger partial charge is 0.489 e. The van der Waals surface area contributed by atoms with Gasteiger partial charge in [-0.25, -0.2) is 15.0 Å². The molecule has 2 aromatic carbocycles. The first kappa shape index (κ1) is 50.5. The summed E-state index contributed by atoms with van der Waals surface area (Å²) < 4.78 is 17.7. The van der Waals surface area contributed by atoms with E-state index in [0.29, 0.717) is 35.8 Å². The second-order valence-corrected chi connectivity index (χ2v) is 20.5. The van der Waals surface area contributed by atoms with Gasteiger partial charge in [0.15, 0.2) is 0 Å². The highest BCUT2D eigenvalue weighted by Gasteiger charge is 2.64. The zero-order valence-electron chi connectivity index (χ0n) is 39.4. The molecule has 4 N–H and O–H groups in total. The molecule has 1 saturated heterocycles.